The molecule has 0 N–H and O–H groups in total. The molecule has 3 heterocycles. The number of likely N-dealkylation sites (tertiary alicyclic amines) is 1. The lowest BCUT2D eigenvalue weighted by atomic mass is 10.2. The van der Waals surface area contributed by atoms with E-state index >= 15 is 0 Å². The zero-order valence-corrected chi connectivity index (χ0v) is 12.7. The lowest BCUT2D eigenvalue weighted by Gasteiger charge is -2.23. The second kappa shape index (κ2) is 5.48. The van der Waals surface area contributed by atoms with Gasteiger partial charge >= 0.3 is 12.1 Å². The summed E-state index contributed by atoms with van der Waals surface area (Å²) in [4.78, 5) is 7.42. The third kappa shape index (κ3) is 3.61. The summed E-state index contributed by atoms with van der Waals surface area (Å²) in [6.45, 7) is 1.93. The van der Waals surface area contributed by atoms with Gasteiger partial charge in [-0.15, -0.1) is 0 Å². The van der Waals surface area contributed by atoms with Gasteiger partial charge in [-0.05, 0) is 6.07 Å². The summed E-state index contributed by atoms with van der Waals surface area (Å²) in [6, 6.07) is 3.15. The molecule has 23 heavy (non-hydrogen) atoms. The van der Waals surface area contributed by atoms with E-state index in [1.807, 2.05) is 0 Å². The minimum Gasteiger partial charge on any atom is -0.468 e. The van der Waals surface area contributed by atoms with Crippen LogP contribution in [0.15, 0.2) is 22.9 Å². The van der Waals surface area contributed by atoms with Gasteiger partial charge in [0.25, 0.3) is 0 Å². The molecule has 0 aliphatic carbocycles. The van der Waals surface area contributed by atoms with Crippen molar-refractivity contribution in [1.82, 2.24) is 15.1 Å². The average molecular weight is 329 g/mol. The SMILES string of the molecule is C[N+]1(C)CCC(Oc2ccc(-c3noc(C(F)(F)F)n3)cn2)C1. The van der Waals surface area contributed by atoms with Crippen molar-refractivity contribution in [2.45, 2.75) is 18.7 Å². The van der Waals surface area contributed by atoms with Crippen LogP contribution in [0.5, 0.6) is 5.88 Å². The Hall–Kier alpha value is -2.16. The predicted octanol–water partition coefficient (Wildman–Crippen LogP) is 2.38. The molecule has 1 saturated heterocycles. The first-order valence-corrected chi connectivity index (χ1v) is 7.09. The van der Waals surface area contributed by atoms with Crippen molar-refractivity contribution in [1.29, 1.82) is 0 Å². The lowest BCUT2D eigenvalue weighted by molar-refractivity contribution is -0.879. The van der Waals surface area contributed by atoms with Gasteiger partial charge in [0.15, 0.2) is 6.10 Å². The van der Waals surface area contributed by atoms with Crippen LogP contribution in [0.4, 0.5) is 13.2 Å². The van der Waals surface area contributed by atoms with Gasteiger partial charge in [0, 0.05) is 24.2 Å². The third-order valence-electron chi connectivity index (χ3n) is 3.70. The summed E-state index contributed by atoms with van der Waals surface area (Å²) in [5, 5.41) is 3.32. The zero-order valence-electron chi connectivity index (χ0n) is 12.7. The minimum atomic E-state index is -4.66. The molecule has 2 aromatic rings. The van der Waals surface area contributed by atoms with Crippen molar-refractivity contribution >= 4 is 0 Å². The number of halogens is 3. The van der Waals surface area contributed by atoms with E-state index in [1.165, 1.54) is 6.20 Å². The molecule has 0 radical (unpaired) electrons. The number of hydrogen-bond acceptors (Lipinski definition) is 5. The first-order valence-electron chi connectivity index (χ1n) is 7.09. The standard InChI is InChI=1S/C14H16F3N4O2/c1-21(2)6-5-10(8-21)22-11-4-3-9(7-18-11)12-19-13(23-20-12)14(15,16)17/h3-4,7,10H,5-6,8H2,1-2H3/q+1. The van der Waals surface area contributed by atoms with Gasteiger partial charge in [0.2, 0.25) is 11.7 Å². The number of likely N-dealkylation sites (N-methyl/N-ethyl adjacent to an activating group) is 1. The monoisotopic (exact) mass is 329 g/mol. The van der Waals surface area contributed by atoms with Crippen LogP contribution in [0.2, 0.25) is 0 Å². The number of alkyl halides is 3. The fourth-order valence-corrected chi connectivity index (χ4v) is 2.53. The normalized spacial score (nSPS) is 20.7. The van der Waals surface area contributed by atoms with E-state index in [-0.39, 0.29) is 11.9 Å². The molecule has 1 aliphatic heterocycles. The van der Waals surface area contributed by atoms with Crippen LogP contribution in [-0.4, -0.2) is 52.9 Å². The van der Waals surface area contributed by atoms with Crippen molar-refractivity contribution in [3.63, 3.8) is 0 Å². The molecule has 1 atom stereocenters. The summed E-state index contributed by atoms with van der Waals surface area (Å²) >= 11 is 0. The van der Waals surface area contributed by atoms with Gasteiger partial charge in [-0.2, -0.15) is 18.2 Å². The maximum atomic E-state index is 12.4. The molecular formula is C14H16F3N4O2+. The number of quaternary nitrogens is 1. The highest BCUT2D eigenvalue weighted by Crippen LogP contribution is 2.29. The lowest BCUT2D eigenvalue weighted by Crippen LogP contribution is -2.38. The summed E-state index contributed by atoms with van der Waals surface area (Å²) < 4.78 is 48.2. The number of hydrogen-bond donors (Lipinski definition) is 0. The van der Waals surface area contributed by atoms with Crippen LogP contribution < -0.4 is 4.74 Å². The zero-order chi connectivity index (χ0) is 16.7. The van der Waals surface area contributed by atoms with Crippen LogP contribution in [-0.2, 0) is 6.18 Å². The molecule has 0 aromatic carbocycles. The maximum Gasteiger partial charge on any atom is 0.471 e. The predicted molar refractivity (Wildman–Crippen MR) is 73.4 cm³/mol. The van der Waals surface area contributed by atoms with Crippen LogP contribution in [0.25, 0.3) is 11.4 Å². The van der Waals surface area contributed by atoms with Crippen molar-refractivity contribution in [3.8, 4) is 17.3 Å². The van der Waals surface area contributed by atoms with Crippen molar-refractivity contribution in [3.05, 3.63) is 24.2 Å². The molecule has 2 aromatic heterocycles. The van der Waals surface area contributed by atoms with E-state index < -0.39 is 12.1 Å². The smallest absolute Gasteiger partial charge is 0.468 e. The second-order valence-corrected chi connectivity index (χ2v) is 6.18. The van der Waals surface area contributed by atoms with Crippen LogP contribution >= 0.6 is 0 Å². The first kappa shape index (κ1) is 15.7. The Labute approximate surface area is 130 Å². The Morgan fingerprint density at radius 1 is 1.30 bits per heavy atom. The Morgan fingerprint density at radius 2 is 2.09 bits per heavy atom. The van der Waals surface area contributed by atoms with E-state index in [0.29, 0.717) is 11.4 Å². The third-order valence-corrected chi connectivity index (χ3v) is 3.70. The Morgan fingerprint density at radius 3 is 2.61 bits per heavy atom. The molecule has 1 unspecified atom stereocenters. The largest absolute Gasteiger partial charge is 0.471 e. The molecule has 1 fully saturated rings. The summed E-state index contributed by atoms with van der Waals surface area (Å²) in [5.74, 6) is -1.10. The number of aromatic nitrogens is 3. The van der Waals surface area contributed by atoms with Gasteiger partial charge < -0.3 is 13.7 Å². The number of rotatable bonds is 3. The Balaban J connectivity index is 1.69. The highest BCUT2D eigenvalue weighted by Gasteiger charge is 2.38. The van der Waals surface area contributed by atoms with Crippen LogP contribution in [0.1, 0.15) is 12.3 Å². The molecule has 0 bridgehead atoms. The summed E-state index contributed by atoms with van der Waals surface area (Å²) in [6.07, 6.45) is -2.26. The number of nitrogens with zero attached hydrogens (tertiary/aromatic N) is 4. The topological polar surface area (TPSA) is 61.0 Å². The Bertz CT molecular complexity index is 682. The average Bonchev–Trinajstić information content (AvgIpc) is 3.06. The molecule has 124 valence electrons. The van der Waals surface area contributed by atoms with E-state index in [2.05, 4.69) is 33.7 Å². The van der Waals surface area contributed by atoms with E-state index in [4.69, 9.17) is 4.74 Å². The van der Waals surface area contributed by atoms with Crippen molar-refractivity contribution < 1.29 is 26.9 Å². The molecule has 6 nitrogen and oxygen atoms in total. The molecule has 0 amide bonds. The Kier molecular flexibility index (Phi) is 3.75. The maximum absolute atomic E-state index is 12.4. The van der Waals surface area contributed by atoms with E-state index in [9.17, 15) is 13.2 Å². The highest BCUT2D eigenvalue weighted by molar-refractivity contribution is 5.53. The van der Waals surface area contributed by atoms with Gasteiger partial charge in [-0.25, -0.2) is 4.98 Å². The molecule has 0 saturated carbocycles. The van der Waals surface area contributed by atoms with Crippen molar-refractivity contribution in [2.24, 2.45) is 0 Å². The molecule has 0 spiro atoms. The van der Waals surface area contributed by atoms with Crippen LogP contribution in [0.3, 0.4) is 0 Å². The van der Waals surface area contributed by atoms with Gasteiger partial charge in [0.1, 0.15) is 6.54 Å². The molecule has 3 rings (SSSR count). The van der Waals surface area contributed by atoms with Gasteiger partial charge in [0.05, 0.1) is 20.6 Å². The van der Waals surface area contributed by atoms with E-state index in [0.717, 1.165) is 24.0 Å². The summed E-state index contributed by atoms with van der Waals surface area (Å²) in [7, 11) is 4.27. The van der Waals surface area contributed by atoms with Crippen LogP contribution in [0, 0.1) is 0 Å². The quantitative estimate of drug-likeness (QED) is 0.809. The molecule has 1 aliphatic rings. The highest BCUT2D eigenvalue weighted by atomic mass is 19.4. The summed E-state index contributed by atoms with van der Waals surface area (Å²) in [5.41, 5.74) is 0.333. The number of pyridine rings is 1. The van der Waals surface area contributed by atoms with Crippen molar-refractivity contribution in [2.75, 3.05) is 27.2 Å². The molecular weight excluding hydrogens is 313 g/mol. The van der Waals surface area contributed by atoms with Gasteiger partial charge in [-0.1, -0.05) is 5.16 Å². The fraction of sp³-hybridized carbons (Fsp3) is 0.500. The number of ether oxygens (including phenoxy) is 1. The second-order valence-electron chi connectivity index (χ2n) is 6.18. The minimum absolute atomic E-state index is 0.0883. The van der Waals surface area contributed by atoms with Gasteiger partial charge in [-0.3, -0.25) is 0 Å². The van der Waals surface area contributed by atoms with E-state index in [1.54, 1.807) is 12.1 Å². The molecule has 9 heteroatoms. The fourth-order valence-electron chi connectivity index (χ4n) is 2.53. The first-order chi connectivity index (χ1) is 10.7.